The zero-order valence-electron chi connectivity index (χ0n) is 11.7. The van der Waals surface area contributed by atoms with E-state index in [0.29, 0.717) is 20.3 Å². The molecule has 1 amide bonds. The van der Waals surface area contributed by atoms with E-state index in [0.717, 1.165) is 19.1 Å². The van der Waals surface area contributed by atoms with E-state index in [9.17, 15) is 9.59 Å². The summed E-state index contributed by atoms with van der Waals surface area (Å²) in [5.74, 6) is 0.412. The molecule has 4 nitrogen and oxygen atoms in total. The second kappa shape index (κ2) is 7.40. The van der Waals surface area contributed by atoms with E-state index in [2.05, 4.69) is 37.2 Å². The summed E-state index contributed by atoms with van der Waals surface area (Å²) in [4.78, 5) is 22.9. The number of rotatable bonds is 5. The van der Waals surface area contributed by atoms with Gasteiger partial charge in [0, 0.05) is 11.6 Å². The van der Waals surface area contributed by atoms with Crippen molar-refractivity contribution >= 4 is 44.1 Å². The van der Waals surface area contributed by atoms with Crippen LogP contribution in [0.2, 0.25) is 0 Å². The lowest BCUT2D eigenvalue weighted by Gasteiger charge is -2.19. The fourth-order valence-corrected chi connectivity index (χ4v) is 3.79. The van der Waals surface area contributed by atoms with Gasteiger partial charge in [0.05, 0.1) is 8.95 Å². The molecular weight excluding hydrogens is 402 g/mol. The summed E-state index contributed by atoms with van der Waals surface area (Å²) >= 11 is 6.72. The lowest BCUT2D eigenvalue weighted by molar-refractivity contribution is -0.128. The first kappa shape index (κ1) is 16.5. The number of halogens is 2. The summed E-state index contributed by atoms with van der Waals surface area (Å²) in [6.45, 7) is 1.72. The highest BCUT2D eigenvalue weighted by atomic mass is 79.9. The fraction of sp³-hybridized carbons (Fsp3) is 0.467. The SMILES string of the molecule is CC(Oc1c(Br)cc(C=O)cc1Br)C(=O)NC1CCCC1. The average molecular weight is 419 g/mol. The topological polar surface area (TPSA) is 55.4 Å². The molecule has 21 heavy (non-hydrogen) atoms. The molecule has 1 atom stereocenters. The van der Waals surface area contributed by atoms with Crippen LogP contribution in [0.15, 0.2) is 21.1 Å². The number of aldehydes is 1. The zero-order chi connectivity index (χ0) is 15.4. The molecular formula is C15H17Br2NO3. The largest absolute Gasteiger partial charge is 0.479 e. The Bertz CT molecular complexity index is 519. The van der Waals surface area contributed by atoms with Crippen LogP contribution in [0.4, 0.5) is 0 Å². The maximum atomic E-state index is 12.1. The van der Waals surface area contributed by atoms with Crippen molar-refractivity contribution < 1.29 is 14.3 Å². The van der Waals surface area contributed by atoms with Crippen LogP contribution in [-0.4, -0.2) is 24.3 Å². The molecule has 0 aromatic heterocycles. The molecule has 1 fully saturated rings. The second-order valence-corrected chi connectivity index (χ2v) is 6.89. The highest BCUT2D eigenvalue weighted by Crippen LogP contribution is 2.35. The quantitative estimate of drug-likeness (QED) is 0.738. The number of nitrogens with one attached hydrogen (secondary N) is 1. The van der Waals surface area contributed by atoms with Gasteiger partial charge in [-0.2, -0.15) is 0 Å². The average Bonchev–Trinajstić information content (AvgIpc) is 2.95. The normalized spacial score (nSPS) is 16.5. The molecule has 1 aliphatic carbocycles. The van der Waals surface area contributed by atoms with Crippen LogP contribution in [0.3, 0.4) is 0 Å². The number of benzene rings is 1. The van der Waals surface area contributed by atoms with Crippen LogP contribution in [0.1, 0.15) is 43.0 Å². The standard InChI is InChI=1S/C15H17Br2NO3/c1-9(15(20)18-11-4-2-3-5-11)21-14-12(16)6-10(8-19)7-13(14)17/h6-9,11H,2-5H2,1H3,(H,18,20). The molecule has 0 radical (unpaired) electrons. The van der Waals surface area contributed by atoms with Crippen LogP contribution >= 0.6 is 31.9 Å². The molecule has 0 aliphatic heterocycles. The smallest absolute Gasteiger partial charge is 0.260 e. The Morgan fingerprint density at radius 3 is 2.43 bits per heavy atom. The van der Waals surface area contributed by atoms with E-state index in [4.69, 9.17) is 4.74 Å². The third-order valence-corrected chi connectivity index (χ3v) is 4.70. The van der Waals surface area contributed by atoms with Gasteiger partial charge in [0.15, 0.2) is 6.10 Å². The molecule has 114 valence electrons. The maximum absolute atomic E-state index is 12.1. The Kier molecular flexibility index (Phi) is 5.81. The first-order valence-corrected chi connectivity index (χ1v) is 8.51. The van der Waals surface area contributed by atoms with Gasteiger partial charge >= 0.3 is 0 Å². The molecule has 1 saturated carbocycles. The second-order valence-electron chi connectivity index (χ2n) is 5.18. The number of ether oxygens (including phenoxy) is 1. The molecule has 0 saturated heterocycles. The zero-order valence-corrected chi connectivity index (χ0v) is 14.9. The molecule has 1 aromatic rings. The summed E-state index contributed by atoms with van der Waals surface area (Å²) in [5, 5.41) is 3.01. The third-order valence-electron chi connectivity index (χ3n) is 3.52. The van der Waals surface area contributed by atoms with Crippen molar-refractivity contribution in [2.24, 2.45) is 0 Å². The van der Waals surface area contributed by atoms with Gasteiger partial charge < -0.3 is 10.1 Å². The van der Waals surface area contributed by atoms with E-state index in [1.807, 2.05) is 0 Å². The van der Waals surface area contributed by atoms with Crippen LogP contribution < -0.4 is 10.1 Å². The third kappa shape index (κ3) is 4.30. The molecule has 0 bridgehead atoms. The number of hydrogen-bond acceptors (Lipinski definition) is 3. The van der Waals surface area contributed by atoms with Crippen LogP contribution in [0.5, 0.6) is 5.75 Å². The van der Waals surface area contributed by atoms with Crippen molar-refractivity contribution in [3.05, 3.63) is 26.6 Å². The van der Waals surface area contributed by atoms with Gasteiger partial charge in [0.1, 0.15) is 12.0 Å². The predicted molar refractivity (Wildman–Crippen MR) is 87.7 cm³/mol. The Hall–Kier alpha value is -0.880. The summed E-state index contributed by atoms with van der Waals surface area (Å²) in [7, 11) is 0. The molecule has 1 aromatic carbocycles. The fourth-order valence-electron chi connectivity index (χ4n) is 2.38. The predicted octanol–water partition coefficient (Wildman–Crippen LogP) is 3.85. The number of carbonyl (C=O) groups excluding carboxylic acids is 2. The van der Waals surface area contributed by atoms with Crippen molar-refractivity contribution in [1.82, 2.24) is 5.32 Å². The molecule has 1 aliphatic rings. The minimum atomic E-state index is -0.597. The van der Waals surface area contributed by atoms with E-state index in [1.165, 1.54) is 12.8 Å². The first-order chi connectivity index (χ1) is 10.0. The van der Waals surface area contributed by atoms with Gasteiger partial charge in [-0.05, 0) is 63.8 Å². The van der Waals surface area contributed by atoms with Crippen molar-refractivity contribution in [2.75, 3.05) is 0 Å². The number of carbonyl (C=O) groups is 2. The summed E-state index contributed by atoms with van der Waals surface area (Å²) in [5.41, 5.74) is 0.532. The van der Waals surface area contributed by atoms with Crippen molar-refractivity contribution in [3.63, 3.8) is 0 Å². The van der Waals surface area contributed by atoms with Crippen molar-refractivity contribution in [1.29, 1.82) is 0 Å². The van der Waals surface area contributed by atoms with E-state index in [-0.39, 0.29) is 11.9 Å². The number of hydrogen-bond donors (Lipinski definition) is 1. The summed E-state index contributed by atoms with van der Waals surface area (Å²) in [6, 6.07) is 3.59. The van der Waals surface area contributed by atoms with Gasteiger partial charge in [-0.15, -0.1) is 0 Å². The van der Waals surface area contributed by atoms with E-state index < -0.39 is 6.10 Å². The van der Waals surface area contributed by atoms with Gasteiger partial charge in [0.2, 0.25) is 0 Å². The van der Waals surface area contributed by atoms with Crippen LogP contribution in [-0.2, 0) is 4.79 Å². The van der Waals surface area contributed by atoms with E-state index in [1.54, 1.807) is 19.1 Å². The molecule has 1 N–H and O–H groups in total. The van der Waals surface area contributed by atoms with Crippen LogP contribution in [0.25, 0.3) is 0 Å². The number of amides is 1. The Morgan fingerprint density at radius 2 is 1.90 bits per heavy atom. The van der Waals surface area contributed by atoms with Gasteiger partial charge in [0.25, 0.3) is 5.91 Å². The van der Waals surface area contributed by atoms with Gasteiger partial charge in [-0.3, -0.25) is 9.59 Å². The summed E-state index contributed by atoms with van der Waals surface area (Å²) in [6.07, 6.45) is 4.59. The molecule has 6 heteroatoms. The maximum Gasteiger partial charge on any atom is 0.260 e. The Labute approximate surface area is 140 Å². The highest BCUT2D eigenvalue weighted by Gasteiger charge is 2.23. The molecule has 2 rings (SSSR count). The first-order valence-electron chi connectivity index (χ1n) is 6.92. The molecule has 0 spiro atoms. The van der Waals surface area contributed by atoms with Gasteiger partial charge in [-0.25, -0.2) is 0 Å². The molecule has 1 unspecified atom stereocenters. The Balaban J connectivity index is 2.03. The summed E-state index contributed by atoms with van der Waals surface area (Å²) < 4.78 is 7.00. The highest BCUT2D eigenvalue weighted by molar-refractivity contribution is 9.11. The monoisotopic (exact) mass is 417 g/mol. The van der Waals surface area contributed by atoms with Crippen molar-refractivity contribution in [3.8, 4) is 5.75 Å². The van der Waals surface area contributed by atoms with Gasteiger partial charge in [-0.1, -0.05) is 12.8 Å². The van der Waals surface area contributed by atoms with Crippen molar-refractivity contribution in [2.45, 2.75) is 44.8 Å². The van der Waals surface area contributed by atoms with Crippen LogP contribution in [0, 0.1) is 0 Å². The lowest BCUT2D eigenvalue weighted by atomic mass is 10.2. The Morgan fingerprint density at radius 1 is 1.33 bits per heavy atom. The van der Waals surface area contributed by atoms with E-state index >= 15 is 0 Å². The minimum absolute atomic E-state index is 0.111. The minimum Gasteiger partial charge on any atom is -0.479 e. The molecule has 0 heterocycles. The lowest BCUT2D eigenvalue weighted by Crippen LogP contribution is -2.41.